The van der Waals surface area contributed by atoms with Crippen LogP contribution < -0.4 is 0 Å². The minimum absolute atomic E-state index is 1.12. The number of hydrogen-bond donors (Lipinski definition) is 0. The Bertz CT molecular complexity index is 155. The molecule has 19 heavy (non-hydrogen) atoms. The van der Waals surface area contributed by atoms with Crippen molar-refractivity contribution >= 4 is 15.9 Å². The molecular formula is C17H36BrN. The lowest BCUT2D eigenvalue weighted by atomic mass is 10.1. The van der Waals surface area contributed by atoms with Gasteiger partial charge in [-0.2, -0.15) is 0 Å². The van der Waals surface area contributed by atoms with Gasteiger partial charge in [-0.05, 0) is 25.9 Å². The first kappa shape index (κ1) is 19.4. The number of halogens is 1. The summed E-state index contributed by atoms with van der Waals surface area (Å²) in [6, 6.07) is 0. The predicted octanol–water partition coefficient (Wildman–Crippen LogP) is 6.01. The van der Waals surface area contributed by atoms with Crippen LogP contribution in [0.2, 0.25) is 0 Å². The van der Waals surface area contributed by atoms with E-state index in [9.17, 15) is 0 Å². The van der Waals surface area contributed by atoms with Gasteiger partial charge < -0.3 is 4.90 Å². The van der Waals surface area contributed by atoms with Crippen LogP contribution in [0.25, 0.3) is 0 Å². The van der Waals surface area contributed by atoms with Crippen molar-refractivity contribution in [1.82, 2.24) is 4.90 Å². The molecule has 0 saturated heterocycles. The zero-order valence-electron chi connectivity index (χ0n) is 13.4. The first-order valence-electron chi connectivity index (χ1n) is 8.63. The van der Waals surface area contributed by atoms with Gasteiger partial charge in [0.2, 0.25) is 0 Å². The molecule has 0 rings (SSSR count). The molecule has 0 amide bonds. The van der Waals surface area contributed by atoms with Gasteiger partial charge in [0, 0.05) is 11.9 Å². The van der Waals surface area contributed by atoms with Crippen molar-refractivity contribution in [3.8, 4) is 0 Å². The second kappa shape index (κ2) is 16.5. The molecule has 0 aromatic heterocycles. The first-order valence-corrected chi connectivity index (χ1v) is 9.75. The third kappa shape index (κ3) is 14.7. The van der Waals surface area contributed by atoms with Gasteiger partial charge in [0.05, 0.1) is 0 Å². The summed E-state index contributed by atoms with van der Waals surface area (Å²) in [5.74, 6) is 0. The zero-order chi connectivity index (χ0) is 14.2. The molecule has 0 aliphatic heterocycles. The van der Waals surface area contributed by atoms with Crippen LogP contribution in [0.15, 0.2) is 0 Å². The zero-order valence-corrected chi connectivity index (χ0v) is 15.0. The van der Waals surface area contributed by atoms with Gasteiger partial charge in [-0.25, -0.2) is 0 Å². The highest BCUT2D eigenvalue weighted by Crippen LogP contribution is 2.10. The Hall–Kier alpha value is 0.440. The summed E-state index contributed by atoms with van der Waals surface area (Å²) in [6.07, 6.45) is 15.6. The summed E-state index contributed by atoms with van der Waals surface area (Å²) in [4.78, 5) is 2.60. The predicted molar refractivity (Wildman–Crippen MR) is 92.4 cm³/mol. The first-order chi connectivity index (χ1) is 9.35. The van der Waals surface area contributed by atoms with Gasteiger partial charge in [-0.3, -0.25) is 0 Å². The summed E-state index contributed by atoms with van der Waals surface area (Å²) >= 11 is 3.55. The summed E-state index contributed by atoms with van der Waals surface area (Å²) in [7, 11) is 0. The van der Waals surface area contributed by atoms with Crippen molar-refractivity contribution in [2.75, 3.05) is 25.0 Å². The fourth-order valence-corrected chi connectivity index (χ4v) is 3.10. The average molecular weight is 334 g/mol. The topological polar surface area (TPSA) is 3.24 Å². The molecule has 0 aromatic carbocycles. The summed E-state index contributed by atoms with van der Waals surface area (Å²) in [6.45, 7) is 8.35. The molecule has 0 aliphatic rings. The van der Waals surface area contributed by atoms with E-state index < -0.39 is 0 Å². The van der Waals surface area contributed by atoms with Crippen LogP contribution in [0.1, 0.15) is 84.5 Å². The number of nitrogens with zero attached hydrogens (tertiary/aromatic N) is 1. The Morgan fingerprint density at radius 1 is 0.579 bits per heavy atom. The smallest absolute Gasteiger partial charge is 0.0159 e. The fourth-order valence-electron chi connectivity index (χ4n) is 2.59. The molecule has 0 unspecified atom stereocenters. The second-order valence-corrected chi connectivity index (χ2v) is 6.51. The van der Waals surface area contributed by atoms with Crippen LogP contribution in [0, 0.1) is 0 Å². The second-order valence-electron chi connectivity index (χ2n) is 5.71. The number of unbranched alkanes of at least 4 members (excludes halogenated alkanes) is 9. The fraction of sp³-hybridized carbons (Fsp3) is 1.00. The molecule has 0 aromatic rings. The quantitative estimate of drug-likeness (QED) is 0.262. The number of hydrogen-bond acceptors (Lipinski definition) is 1. The van der Waals surface area contributed by atoms with Crippen molar-refractivity contribution in [2.24, 2.45) is 0 Å². The van der Waals surface area contributed by atoms with E-state index in [2.05, 4.69) is 34.7 Å². The molecule has 0 radical (unpaired) electrons. The Kier molecular flexibility index (Phi) is 16.9. The van der Waals surface area contributed by atoms with E-state index in [4.69, 9.17) is 0 Å². The molecule has 0 N–H and O–H groups in total. The average Bonchev–Trinajstić information content (AvgIpc) is 2.41. The lowest BCUT2D eigenvalue weighted by molar-refractivity contribution is 0.284. The molecule has 0 bridgehead atoms. The van der Waals surface area contributed by atoms with E-state index in [0.717, 1.165) is 5.33 Å². The summed E-state index contributed by atoms with van der Waals surface area (Å²) < 4.78 is 0. The van der Waals surface area contributed by atoms with Crippen LogP contribution in [-0.4, -0.2) is 29.9 Å². The van der Waals surface area contributed by atoms with Crippen LogP contribution >= 0.6 is 15.9 Å². The van der Waals surface area contributed by atoms with E-state index >= 15 is 0 Å². The molecule has 0 aliphatic carbocycles. The molecule has 2 heteroatoms. The third-order valence-corrected chi connectivity index (χ3v) is 4.12. The monoisotopic (exact) mass is 333 g/mol. The Balaban J connectivity index is 3.20. The SMILES string of the molecule is CCCCCCCCCCCCN(CCC)CCBr. The van der Waals surface area contributed by atoms with Crippen molar-refractivity contribution < 1.29 is 0 Å². The van der Waals surface area contributed by atoms with Gasteiger partial charge in [0.15, 0.2) is 0 Å². The van der Waals surface area contributed by atoms with Gasteiger partial charge >= 0.3 is 0 Å². The molecule has 0 spiro atoms. The molecule has 0 fully saturated rings. The van der Waals surface area contributed by atoms with E-state index in [-0.39, 0.29) is 0 Å². The van der Waals surface area contributed by atoms with Gasteiger partial charge in [0.25, 0.3) is 0 Å². The number of alkyl halides is 1. The lowest BCUT2D eigenvalue weighted by Gasteiger charge is -2.20. The molecule has 0 heterocycles. The van der Waals surface area contributed by atoms with Gasteiger partial charge in [-0.1, -0.05) is 87.6 Å². The van der Waals surface area contributed by atoms with Crippen molar-refractivity contribution in [3.05, 3.63) is 0 Å². The standard InChI is InChI=1S/C17H36BrN/c1-3-5-6-7-8-9-10-11-12-13-16-19(15-4-2)17-14-18/h3-17H2,1-2H3. The molecule has 116 valence electrons. The molecule has 1 nitrogen and oxygen atoms in total. The summed E-state index contributed by atoms with van der Waals surface area (Å²) in [5.41, 5.74) is 0. The van der Waals surface area contributed by atoms with Crippen LogP contribution in [0.5, 0.6) is 0 Å². The summed E-state index contributed by atoms with van der Waals surface area (Å²) in [5, 5.41) is 1.12. The largest absolute Gasteiger partial charge is 0.303 e. The molecule has 0 saturated carbocycles. The van der Waals surface area contributed by atoms with E-state index in [1.54, 1.807) is 0 Å². The molecule has 0 atom stereocenters. The van der Waals surface area contributed by atoms with Crippen LogP contribution in [-0.2, 0) is 0 Å². The van der Waals surface area contributed by atoms with E-state index in [0.29, 0.717) is 0 Å². The third-order valence-electron chi connectivity index (χ3n) is 3.77. The van der Waals surface area contributed by atoms with Gasteiger partial charge in [-0.15, -0.1) is 0 Å². The van der Waals surface area contributed by atoms with E-state index in [1.807, 2.05) is 0 Å². The maximum Gasteiger partial charge on any atom is 0.0159 e. The highest BCUT2D eigenvalue weighted by atomic mass is 79.9. The maximum atomic E-state index is 3.55. The highest BCUT2D eigenvalue weighted by molar-refractivity contribution is 9.09. The highest BCUT2D eigenvalue weighted by Gasteiger charge is 2.01. The normalized spacial score (nSPS) is 11.4. The van der Waals surface area contributed by atoms with Crippen molar-refractivity contribution in [1.29, 1.82) is 0 Å². The van der Waals surface area contributed by atoms with Crippen molar-refractivity contribution in [2.45, 2.75) is 84.5 Å². The van der Waals surface area contributed by atoms with Gasteiger partial charge in [0.1, 0.15) is 0 Å². The van der Waals surface area contributed by atoms with Crippen molar-refractivity contribution in [3.63, 3.8) is 0 Å². The Labute approximate surface area is 130 Å². The molecular weight excluding hydrogens is 298 g/mol. The number of rotatable bonds is 15. The van der Waals surface area contributed by atoms with E-state index in [1.165, 1.54) is 90.3 Å². The lowest BCUT2D eigenvalue weighted by Crippen LogP contribution is -2.27. The maximum absolute atomic E-state index is 3.55. The van der Waals surface area contributed by atoms with Crippen LogP contribution in [0.3, 0.4) is 0 Å². The minimum atomic E-state index is 1.12. The Morgan fingerprint density at radius 2 is 1.11 bits per heavy atom. The van der Waals surface area contributed by atoms with Crippen LogP contribution in [0.4, 0.5) is 0 Å². The minimum Gasteiger partial charge on any atom is -0.303 e. The Morgan fingerprint density at radius 3 is 1.58 bits per heavy atom.